The lowest BCUT2D eigenvalue weighted by Gasteiger charge is -2.21. The highest BCUT2D eigenvalue weighted by Crippen LogP contribution is 2.53. The first-order valence-electron chi connectivity index (χ1n) is 18.8. The molecule has 0 aliphatic heterocycles. The van der Waals surface area contributed by atoms with Crippen LogP contribution in [-0.2, 0) is 5.41 Å². The van der Waals surface area contributed by atoms with E-state index in [9.17, 15) is 0 Å². The smallest absolute Gasteiger partial charge is 0.135 e. The zero-order valence-corrected chi connectivity index (χ0v) is 30.0. The van der Waals surface area contributed by atoms with E-state index in [1.54, 1.807) is 0 Å². The maximum Gasteiger partial charge on any atom is 0.135 e. The van der Waals surface area contributed by atoms with Crippen molar-refractivity contribution in [3.63, 3.8) is 0 Å². The molecule has 3 aromatic heterocycles. The summed E-state index contributed by atoms with van der Waals surface area (Å²) in [4.78, 5) is 0. The highest BCUT2D eigenvalue weighted by atomic mass is 16.3. The molecule has 0 fully saturated rings. The van der Waals surface area contributed by atoms with Crippen molar-refractivity contribution in [1.29, 1.82) is 0 Å². The quantitative estimate of drug-likeness (QED) is 0.181. The number of para-hydroxylation sites is 4. The van der Waals surface area contributed by atoms with Gasteiger partial charge in [-0.05, 0) is 118 Å². The zero-order chi connectivity index (χ0) is 35.7. The zero-order valence-electron chi connectivity index (χ0n) is 30.0. The maximum atomic E-state index is 6.39. The third-order valence-corrected chi connectivity index (χ3v) is 12.1. The number of rotatable bonds is 3. The molecule has 0 bridgehead atoms. The van der Waals surface area contributed by atoms with Crippen molar-refractivity contribution in [1.82, 2.24) is 9.13 Å². The van der Waals surface area contributed by atoms with Crippen LogP contribution in [-0.4, -0.2) is 9.13 Å². The number of benzene rings is 8. The van der Waals surface area contributed by atoms with Crippen LogP contribution in [0.3, 0.4) is 0 Å². The Morgan fingerprint density at radius 2 is 0.870 bits per heavy atom. The second-order valence-electron chi connectivity index (χ2n) is 15.4. The Morgan fingerprint density at radius 1 is 0.370 bits per heavy atom. The summed E-state index contributed by atoms with van der Waals surface area (Å²) in [7, 11) is 0. The van der Waals surface area contributed by atoms with E-state index < -0.39 is 0 Å². The first-order chi connectivity index (χ1) is 26.5. The molecule has 0 radical (unpaired) electrons. The van der Waals surface area contributed by atoms with Crippen molar-refractivity contribution in [2.75, 3.05) is 0 Å². The van der Waals surface area contributed by atoms with E-state index in [-0.39, 0.29) is 5.41 Å². The van der Waals surface area contributed by atoms with E-state index in [2.05, 4.69) is 187 Å². The average Bonchev–Trinajstić information content (AvgIpc) is 3.91. The molecule has 11 aromatic rings. The highest BCUT2D eigenvalue weighted by Gasteiger charge is 2.37. The Morgan fingerprint density at radius 3 is 1.56 bits per heavy atom. The summed E-state index contributed by atoms with van der Waals surface area (Å²) >= 11 is 0. The Balaban J connectivity index is 1.11. The molecular formula is C51H34N2O. The molecule has 0 N–H and O–H groups in total. The van der Waals surface area contributed by atoms with Crippen molar-refractivity contribution in [2.45, 2.75) is 19.3 Å². The van der Waals surface area contributed by atoms with Gasteiger partial charge in [0.25, 0.3) is 0 Å². The third kappa shape index (κ3) is 3.96. The molecule has 0 amide bonds. The van der Waals surface area contributed by atoms with Gasteiger partial charge in [0.05, 0.1) is 22.1 Å². The Kier molecular flexibility index (Phi) is 5.84. The fraction of sp³-hybridized carbons (Fsp3) is 0.0588. The lowest BCUT2D eigenvalue weighted by molar-refractivity contribution is 0.647. The molecule has 3 heterocycles. The van der Waals surface area contributed by atoms with Gasteiger partial charge in [0.2, 0.25) is 0 Å². The number of hydrogen-bond donors (Lipinski definition) is 0. The van der Waals surface area contributed by atoms with Crippen molar-refractivity contribution in [3.8, 4) is 33.6 Å². The largest absolute Gasteiger partial charge is 0.456 e. The number of nitrogens with zero attached hydrogens (tertiary/aromatic N) is 2. The molecule has 254 valence electrons. The molecule has 1 aliphatic rings. The van der Waals surface area contributed by atoms with Crippen molar-refractivity contribution >= 4 is 65.6 Å². The molecule has 12 rings (SSSR count). The van der Waals surface area contributed by atoms with Crippen LogP contribution in [0.15, 0.2) is 174 Å². The molecule has 8 aromatic carbocycles. The molecular weight excluding hydrogens is 657 g/mol. The summed E-state index contributed by atoms with van der Waals surface area (Å²) in [6.45, 7) is 4.72. The topological polar surface area (TPSA) is 23.0 Å². The Bertz CT molecular complexity index is 3340. The molecule has 1 aliphatic carbocycles. The summed E-state index contributed by atoms with van der Waals surface area (Å²) < 4.78 is 11.2. The molecule has 0 saturated carbocycles. The van der Waals surface area contributed by atoms with Gasteiger partial charge in [0, 0.05) is 49.1 Å². The van der Waals surface area contributed by atoms with E-state index in [1.165, 1.54) is 88.1 Å². The Hall–Kier alpha value is -6.84. The van der Waals surface area contributed by atoms with Crippen LogP contribution in [0.1, 0.15) is 25.0 Å². The van der Waals surface area contributed by atoms with Gasteiger partial charge >= 0.3 is 0 Å². The summed E-state index contributed by atoms with van der Waals surface area (Å²) in [6, 6.07) is 62.2. The fourth-order valence-corrected chi connectivity index (χ4v) is 9.50. The maximum absolute atomic E-state index is 6.39. The number of furan rings is 1. The van der Waals surface area contributed by atoms with Crippen LogP contribution in [0, 0.1) is 0 Å². The Labute approximate surface area is 311 Å². The normalized spacial score (nSPS) is 13.5. The van der Waals surface area contributed by atoms with Gasteiger partial charge in [0.1, 0.15) is 11.2 Å². The van der Waals surface area contributed by atoms with E-state index in [1.807, 2.05) is 6.07 Å². The lowest BCUT2D eigenvalue weighted by atomic mass is 9.82. The van der Waals surface area contributed by atoms with E-state index >= 15 is 0 Å². The molecule has 54 heavy (non-hydrogen) atoms. The molecule has 0 saturated heterocycles. The van der Waals surface area contributed by atoms with Gasteiger partial charge in [-0.15, -0.1) is 0 Å². The minimum absolute atomic E-state index is 0.191. The summed E-state index contributed by atoms with van der Waals surface area (Å²) in [5, 5.41) is 7.37. The molecule has 3 heteroatoms. The van der Waals surface area contributed by atoms with Crippen molar-refractivity contribution in [3.05, 3.63) is 181 Å². The van der Waals surface area contributed by atoms with Gasteiger partial charge in [0.15, 0.2) is 0 Å². The van der Waals surface area contributed by atoms with Crippen LogP contribution in [0.2, 0.25) is 0 Å². The minimum atomic E-state index is -0.191. The van der Waals surface area contributed by atoms with Gasteiger partial charge in [-0.1, -0.05) is 98.8 Å². The molecule has 3 nitrogen and oxygen atoms in total. The third-order valence-electron chi connectivity index (χ3n) is 12.1. The van der Waals surface area contributed by atoms with Crippen LogP contribution in [0.5, 0.6) is 0 Å². The number of aromatic nitrogens is 2. The van der Waals surface area contributed by atoms with Crippen molar-refractivity contribution in [2.24, 2.45) is 0 Å². The first-order valence-corrected chi connectivity index (χ1v) is 18.8. The van der Waals surface area contributed by atoms with Crippen LogP contribution >= 0.6 is 0 Å². The van der Waals surface area contributed by atoms with Gasteiger partial charge in [-0.3, -0.25) is 0 Å². The number of hydrogen-bond acceptors (Lipinski definition) is 1. The van der Waals surface area contributed by atoms with Gasteiger partial charge < -0.3 is 13.6 Å². The second-order valence-corrected chi connectivity index (χ2v) is 15.4. The van der Waals surface area contributed by atoms with Crippen LogP contribution < -0.4 is 0 Å². The summed E-state index contributed by atoms with van der Waals surface area (Å²) in [6.07, 6.45) is 0. The van der Waals surface area contributed by atoms with Gasteiger partial charge in [-0.25, -0.2) is 0 Å². The van der Waals surface area contributed by atoms with E-state index in [0.29, 0.717) is 0 Å². The average molecular weight is 691 g/mol. The monoisotopic (exact) mass is 690 g/mol. The van der Waals surface area contributed by atoms with E-state index in [4.69, 9.17) is 4.42 Å². The van der Waals surface area contributed by atoms with Crippen LogP contribution in [0.4, 0.5) is 0 Å². The highest BCUT2D eigenvalue weighted by molar-refractivity contribution is 6.15. The predicted molar refractivity (Wildman–Crippen MR) is 225 cm³/mol. The standard InChI is InChI=1S/C51H34N2O/c1-51(2)43-29-48-41(27-37(43)38-28-42-36-18-10-12-20-49(36)54-50(42)30-44(38)51)40-26-32(22-24-47(40)53(48)34-15-7-4-8-16-34)31-21-23-46-39(25-31)35-17-9-11-19-45(35)52(46)33-13-5-3-6-14-33/h3-30H,1-2H3. The van der Waals surface area contributed by atoms with Crippen LogP contribution in [0.25, 0.3) is 99.2 Å². The van der Waals surface area contributed by atoms with E-state index in [0.717, 1.165) is 22.2 Å². The van der Waals surface area contributed by atoms with Gasteiger partial charge in [-0.2, -0.15) is 0 Å². The lowest BCUT2D eigenvalue weighted by Crippen LogP contribution is -2.15. The first kappa shape index (κ1) is 29.7. The van der Waals surface area contributed by atoms with Crippen molar-refractivity contribution < 1.29 is 4.42 Å². The fourth-order valence-electron chi connectivity index (χ4n) is 9.50. The molecule has 0 spiro atoms. The molecule has 0 unspecified atom stereocenters. The SMILES string of the molecule is CC1(C)c2cc3oc4ccccc4c3cc2-c2cc3c4cc(-c5ccc6c(c5)c5ccccc5n6-c5ccccc5)ccc4n(-c4ccccc4)c3cc21. The predicted octanol–water partition coefficient (Wildman–Crippen LogP) is 13.8. The minimum Gasteiger partial charge on any atom is -0.456 e. The summed E-state index contributed by atoms with van der Waals surface area (Å²) in [5.41, 5.74) is 16.6. The number of fused-ring (bicyclic) bond motifs is 12. The summed E-state index contributed by atoms with van der Waals surface area (Å²) in [5.74, 6) is 0. The molecule has 0 atom stereocenters. The second kappa shape index (κ2) is 10.6.